The Morgan fingerprint density at radius 2 is 2.04 bits per heavy atom. The van der Waals surface area contributed by atoms with E-state index in [0.717, 1.165) is 25.2 Å². The lowest BCUT2D eigenvalue weighted by molar-refractivity contribution is -0.136. The van der Waals surface area contributed by atoms with Crippen molar-refractivity contribution in [3.63, 3.8) is 0 Å². The monoisotopic (exact) mass is 356 g/mol. The van der Waals surface area contributed by atoms with Crippen LogP contribution in [-0.2, 0) is 22.7 Å². The van der Waals surface area contributed by atoms with Gasteiger partial charge in [0.25, 0.3) is 5.91 Å². The van der Waals surface area contributed by atoms with Crippen LogP contribution >= 0.6 is 0 Å². The zero-order chi connectivity index (χ0) is 18.5. The van der Waals surface area contributed by atoms with Gasteiger partial charge in [-0.1, -0.05) is 19.1 Å². The Hall–Kier alpha value is -2.25. The van der Waals surface area contributed by atoms with Crippen LogP contribution in [0.4, 0.5) is 0 Å². The molecule has 138 valence electrons. The van der Waals surface area contributed by atoms with Crippen LogP contribution in [-0.4, -0.2) is 53.2 Å². The molecule has 0 bridgehead atoms. The van der Waals surface area contributed by atoms with Crippen molar-refractivity contribution in [2.24, 2.45) is 11.1 Å². The highest BCUT2D eigenvalue weighted by Gasteiger charge is 2.40. The van der Waals surface area contributed by atoms with Gasteiger partial charge in [0.1, 0.15) is 6.04 Å². The van der Waals surface area contributed by atoms with Crippen LogP contribution in [0.2, 0.25) is 0 Å². The van der Waals surface area contributed by atoms with Crippen molar-refractivity contribution >= 4 is 17.7 Å². The lowest BCUT2D eigenvalue weighted by Gasteiger charge is -2.47. The van der Waals surface area contributed by atoms with E-state index < -0.39 is 6.04 Å². The molecule has 0 saturated carbocycles. The minimum Gasteiger partial charge on any atom is -0.330 e. The first-order valence-electron chi connectivity index (χ1n) is 9.07. The number of likely N-dealkylation sites (tertiary alicyclic amines) is 1. The molecule has 3 heterocycles. The molecule has 0 aliphatic carbocycles. The van der Waals surface area contributed by atoms with Gasteiger partial charge in [0, 0.05) is 50.1 Å². The molecule has 0 spiro atoms. The quantitative estimate of drug-likeness (QED) is 0.753. The Kier molecular flexibility index (Phi) is 4.08. The SMILES string of the molecule is CC1(CN)CN(Cc2ccc3c(c2)CN(C2CCC(=O)NC2=O)C3=O)C1. The molecule has 3 N–H and O–H groups in total. The van der Waals surface area contributed by atoms with Crippen molar-refractivity contribution in [2.45, 2.75) is 38.9 Å². The molecule has 3 amide bonds. The zero-order valence-electron chi connectivity index (χ0n) is 15.0. The average Bonchev–Trinajstić information content (AvgIpc) is 2.89. The molecule has 1 aromatic carbocycles. The normalized spacial score (nSPS) is 25.1. The highest BCUT2D eigenvalue weighted by atomic mass is 16.2. The number of amides is 3. The molecule has 7 nitrogen and oxygen atoms in total. The van der Waals surface area contributed by atoms with Gasteiger partial charge in [-0.3, -0.25) is 24.6 Å². The molecule has 1 unspecified atom stereocenters. The number of hydrogen-bond acceptors (Lipinski definition) is 5. The molecular formula is C19H24N4O3. The van der Waals surface area contributed by atoms with Crippen molar-refractivity contribution in [3.05, 3.63) is 34.9 Å². The van der Waals surface area contributed by atoms with E-state index in [2.05, 4.69) is 23.2 Å². The first-order valence-corrected chi connectivity index (χ1v) is 9.07. The van der Waals surface area contributed by atoms with Crippen LogP contribution in [0.1, 0.15) is 41.3 Å². The molecule has 1 aromatic rings. The fourth-order valence-electron chi connectivity index (χ4n) is 4.26. The standard InChI is InChI=1S/C19H24N4O3/c1-19(9-20)10-22(11-19)7-12-2-3-14-13(6-12)8-23(18(14)26)15-4-5-16(24)21-17(15)25/h2-3,6,15H,4-5,7-11,20H2,1H3,(H,21,24,25). The lowest BCUT2D eigenvalue weighted by atomic mass is 9.82. The van der Waals surface area contributed by atoms with Gasteiger partial charge in [-0.15, -0.1) is 0 Å². The number of nitrogens with two attached hydrogens (primary N) is 1. The van der Waals surface area contributed by atoms with Gasteiger partial charge < -0.3 is 10.6 Å². The van der Waals surface area contributed by atoms with Crippen molar-refractivity contribution in [2.75, 3.05) is 19.6 Å². The summed E-state index contributed by atoms with van der Waals surface area (Å²) in [5, 5.41) is 2.33. The second-order valence-corrected chi connectivity index (χ2v) is 8.05. The Morgan fingerprint density at radius 3 is 2.73 bits per heavy atom. The van der Waals surface area contributed by atoms with Crippen molar-refractivity contribution in [1.82, 2.24) is 15.1 Å². The summed E-state index contributed by atoms with van der Waals surface area (Å²) in [5.74, 6) is -0.762. The summed E-state index contributed by atoms with van der Waals surface area (Å²) in [7, 11) is 0. The molecule has 3 aliphatic heterocycles. The maximum Gasteiger partial charge on any atom is 0.255 e. The maximum atomic E-state index is 12.7. The number of rotatable bonds is 4. The third kappa shape index (κ3) is 2.91. The molecule has 1 atom stereocenters. The van der Waals surface area contributed by atoms with Crippen LogP contribution in [0.15, 0.2) is 18.2 Å². The summed E-state index contributed by atoms with van der Waals surface area (Å²) in [4.78, 5) is 40.1. The smallest absolute Gasteiger partial charge is 0.255 e. The van der Waals surface area contributed by atoms with E-state index in [-0.39, 0.29) is 29.6 Å². The van der Waals surface area contributed by atoms with Gasteiger partial charge >= 0.3 is 0 Å². The van der Waals surface area contributed by atoms with Gasteiger partial charge in [-0.05, 0) is 23.6 Å². The van der Waals surface area contributed by atoms with Gasteiger partial charge in [0.2, 0.25) is 11.8 Å². The van der Waals surface area contributed by atoms with Crippen LogP contribution in [0.5, 0.6) is 0 Å². The first-order chi connectivity index (χ1) is 12.4. The number of fused-ring (bicyclic) bond motifs is 1. The fourth-order valence-corrected chi connectivity index (χ4v) is 4.26. The molecule has 7 heteroatoms. The third-order valence-corrected chi connectivity index (χ3v) is 5.70. The Labute approximate surface area is 152 Å². The molecule has 2 fully saturated rings. The second-order valence-electron chi connectivity index (χ2n) is 8.05. The summed E-state index contributed by atoms with van der Waals surface area (Å²) in [5.41, 5.74) is 8.80. The first kappa shape index (κ1) is 17.2. The number of benzene rings is 1. The number of piperidine rings is 1. The fraction of sp³-hybridized carbons (Fsp3) is 0.526. The Balaban J connectivity index is 1.45. The number of imide groups is 1. The van der Waals surface area contributed by atoms with Crippen molar-refractivity contribution < 1.29 is 14.4 Å². The largest absolute Gasteiger partial charge is 0.330 e. The molecular weight excluding hydrogens is 332 g/mol. The molecule has 0 aromatic heterocycles. The Bertz CT molecular complexity index is 785. The highest BCUT2D eigenvalue weighted by Crippen LogP contribution is 2.32. The summed E-state index contributed by atoms with van der Waals surface area (Å²) < 4.78 is 0. The minimum absolute atomic E-state index is 0.124. The van der Waals surface area contributed by atoms with Crippen molar-refractivity contribution in [1.29, 1.82) is 0 Å². The van der Waals surface area contributed by atoms with E-state index in [1.807, 2.05) is 12.1 Å². The minimum atomic E-state index is -0.559. The van der Waals surface area contributed by atoms with Gasteiger partial charge in [-0.25, -0.2) is 0 Å². The van der Waals surface area contributed by atoms with Gasteiger partial charge in [0.15, 0.2) is 0 Å². The topological polar surface area (TPSA) is 95.7 Å². The predicted octanol–water partition coefficient (Wildman–Crippen LogP) is 0.228. The van der Waals surface area contributed by atoms with E-state index >= 15 is 0 Å². The molecule has 0 radical (unpaired) electrons. The highest BCUT2D eigenvalue weighted by molar-refractivity contribution is 6.05. The van der Waals surface area contributed by atoms with E-state index in [4.69, 9.17) is 5.73 Å². The van der Waals surface area contributed by atoms with Crippen LogP contribution in [0.25, 0.3) is 0 Å². The van der Waals surface area contributed by atoms with E-state index in [1.165, 1.54) is 5.56 Å². The molecule has 2 saturated heterocycles. The van der Waals surface area contributed by atoms with Crippen molar-refractivity contribution in [3.8, 4) is 0 Å². The van der Waals surface area contributed by atoms with Crippen LogP contribution in [0, 0.1) is 5.41 Å². The summed E-state index contributed by atoms with van der Waals surface area (Å²) in [6.07, 6.45) is 0.666. The second kappa shape index (κ2) is 6.17. The summed E-state index contributed by atoms with van der Waals surface area (Å²) >= 11 is 0. The molecule has 3 aliphatic rings. The lowest BCUT2D eigenvalue weighted by Crippen LogP contribution is -2.57. The van der Waals surface area contributed by atoms with Gasteiger partial charge in [0.05, 0.1) is 0 Å². The van der Waals surface area contributed by atoms with Crippen LogP contribution < -0.4 is 11.1 Å². The molecule has 4 rings (SSSR count). The number of carbonyl (C=O) groups excluding carboxylic acids is 3. The third-order valence-electron chi connectivity index (χ3n) is 5.70. The van der Waals surface area contributed by atoms with E-state index in [0.29, 0.717) is 25.1 Å². The number of nitrogens with zero attached hydrogens (tertiary/aromatic N) is 2. The Morgan fingerprint density at radius 1 is 1.27 bits per heavy atom. The summed E-state index contributed by atoms with van der Waals surface area (Å²) in [6.45, 7) is 6.14. The zero-order valence-corrected chi connectivity index (χ0v) is 15.0. The van der Waals surface area contributed by atoms with Gasteiger partial charge in [-0.2, -0.15) is 0 Å². The van der Waals surface area contributed by atoms with E-state index in [1.54, 1.807) is 4.90 Å². The average molecular weight is 356 g/mol. The van der Waals surface area contributed by atoms with E-state index in [9.17, 15) is 14.4 Å². The molecule has 26 heavy (non-hydrogen) atoms. The number of nitrogens with one attached hydrogen (secondary N) is 1. The van der Waals surface area contributed by atoms with Crippen LogP contribution in [0.3, 0.4) is 0 Å². The number of carbonyl (C=O) groups is 3. The number of hydrogen-bond donors (Lipinski definition) is 2. The summed E-state index contributed by atoms with van der Waals surface area (Å²) in [6, 6.07) is 5.36. The maximum absolute atomic E-state index is 12.7. The predicted molar refractivity (Wildman–Crippen MR) is 94.9 cm³/mol.